The maximum absolute atomic E-state index is 13.2. The molecule has 0 saturated heterocycles. The van der Waals surface area contributed by atoms with E-state index in [-0.39, 0.29) is 5.82 Å². The normalized spacial score (nSPS) is 10.0. The first-order chi connectivity index (χ1) is 8.24. The molecule has 0 spiro atoms. The van der Waals surface area contributed by atoms with Gasteiger partial charge in [-0.15, -0.1) is 0 Å². The minimum Gasteiger partial charge on any atom is -0.496 e. The van der Waals surface area contributed by atoms with Crippen LogP contribution in [0.4, 0.5) is 4.39 Å². The van der Waals surface area contributed by atoms with E-state index in [1.54, 1.807) is 12.1 Å². The molecule has 0 atom stereocenters. The van der Waals surface area contributed by atoms with Crippen molar-refractivity contribution in [2.24, 2.45) is 0 Å². The van der Waals surface area contributed by atoms with Crippen LogP contribution in [0.15, 0.2) is 36.5 Å². The van der Waals surface area contributed by atoms with Crippen molar-refractivity contribution < 1.29 is 13.9 Å². The maximum Gasteiger partial charge on any atom is 0.150 e. The quantitative estimate of drug-likeness (QED) is 0.762. The van der Waals surface area contributed by atoms with E-state index in [2.05, 4.69) is 4.98 Å². The van der Waals surface area contributed by atoms with Gasteiger partial charge in [0.15, 0.2) is 0 Å². The van der Waals surface area contributed by atoms with Gasteiger partial charge in [0.1, 0.15) is 17.9 Å². The number of hydrogen-bond acceptors (Lipinski definition) is 3. The Labute approximate surface area is 97.9 Å². The number of halogens is 1. The number of carbonyl (C=O) groups excluding carboxylic acids is 1. The second kappa shape index (κ2) is 4.74. The molecule has 1 heterocycles. The van der Waals surface area contributed by atoms with E-state index in [0.717, 1.165) is 6.29 Å². The highest BCUT2D eigenvalue weighted by Crippen LogP contribution is 2.29. The fourth-order valence-electron chi connectivity index (χ4n) is 1.55. The third-order valence-corrected chi connectivity index (χ3v) is 2.36. The largest absolute Gasteiger partial charge is 0.496 e. The second-order valence-corrected chi connectivity index (χ2v) is 3.44. The highest BCUT2D eigenvalue weighted by atomic mass is 19.1. The Hall–Kier alpha value is -2.23. The van der Waals surface area contributed by atoms with Gasteiger partial charge >= 0.3 is 0 Å². The van der Waals surface area contributed by atoms with Crippen LogP contribution in [0.5, 0.6) is 5.75 Å². The molecule has 1 aromatic carbocycles. The van der Waals surface area contributed by atoms with E-state index < -0.39 is 0 Å². The monoisotopic (exact) mass is 231 g/mol. The van der Waals surface area contributed by atoms with Gasteiger partial charge in [0, 0.05) is 17.3 Å². The molecule has 0 bridgehead atoms. The molecular formula is C13H10FNO2. The molecule has 0 N–H and O–H groups in total. The van der Waals surface area contributed by atoms with Crippen LogP contribution in [-0.4, -0.2) is 18.4 Å². The van der Waals surface area contributed by atoms with Crippen LogP contribution in [-0.2, 0) is 0 Å². The number of pyridine rings is 1. The Balaban J connectivity index is 2.58. The number of aromatic nitrogens is 1. The minimum absolute atomic E-state index is 0.376. The average molecular weight is 231 g/mol. The molecule has 0 aliphatic rings. The van der Waals surface area contributed by atoms with Gasteiger partial charge in [0.2, 0.25) is 0 Å². The van der Waals surface area contributed by atoms with E-state index in [4.69, 9.17) is 4.74 Å². The molecule has 0 saturated carbocycles. The van der Waals surface area contributed by atoms with Crippen LogP contribution in [0.3, 0.4) is 0 Å². The molecule has 0 amide bonds. The highest BCUT2D eigenvalue weighted by molar-refractivity contribution is 5.78. The highest BCUT2D eigenvalue weighted by Gasteiger charge is 2.08. The van der Waals surface area contributed by atoms with Crippen molar-refractivity contribution in [3.63, 3.8) is 0 Å². The molecule has 0 aliphatic heterocycles. The van der Waals surface area contributed by atoms with Crippen molar-refractivity contribution in [2.45, 2.75) is 0 Å². The lowest BCUT2D eigenvalue weighted by Gasteiger charge is -2.08. The number of nitrogens with zero attached hydrogens (tertiary/aromatic N) is 1. The summed E-state index contributed by atoms with van der Waals surface area (Å²) in [5, 5.41) is 0. The smallest absolute Gasteiger partial charge is 0.150 e. The fourth-order valence-corrected chi connectivity index (χ4v) is 1.55. The molecule has 2 rings (SSSR count). The Morgan fingerprint density at radius 3 is 2.82 bits per heavy atom. The van der Waals surface area contributed by atoms with Crippen LogP contribution in [0.25, 0.3) is 11.3 Å². The van der Waals surface area contributed by atoms with Crippen LogP contribution in [0, 0.1) is 5.82 Å². The molecule has 17 heavy (non-hydrogen) atoms. The van der Waals surface area contributed by atoms with Gasteiger partial charge in [-0.05, 0) is 30.3 Å². The number of carbonyl (C=O) groups is 1. The van der Waals surface area contributed by atoms with E-state index in [1.165, 1.54) is 31.5 Å². The van der Waals surface area contributed by atoms with E-state index in [9.17, 15) is 9.18 Å². The van der Waals surface area contributed by atoms with Crippen LogP contribution >= 0.6 is 0 Å². The molecule has 1 aromatic heterocycles. The van der Waals surface area contributed by atoms with Gasteiger partial charge in [0.05, 0.1) is 12.8 Å². The zero-order valence-corrected chi connectivity index (χ0v) is 9.18. The van der Waals surface area contributed by atoms with Gasteiger partial charge in [-0.2, -0.15) is 0 Å². The number of benzene rings is 1. The van der Waals surface area contributed by atoms with Crippen LogP contribution < -0.4 is 4.74 Å². The summed E-state index contributed by atoms with van der Waals surface area (Å²) in [6, 6.07) is 7.34. The zero-order valence-electron chi connectivity index (χ0n) is 9.18. The molecule has 0 unspecified atom stereocenters. The molecule has 4 heteroatoms. The third-order valence-electron chi connectivity index (χ3n) is 2.36. The lowest BCUT2D eigenvalue weighted by molar-refractivity contribution is 0.112. The summed E-state index contributed by atoms with van der Waals surface area (Å²) in [5.41, 5.74) is 1.52. The molecule has 0 aliphatic carbocycles. The molecule has 3 nitrogen and oxygen atoms in total. The minimum atomic E-state index is -0.376. The van der Waals surface area contributed by atoms with E-state index >= 15 is 0 Å². The lowest BCUT2D eigenvalue weighted by atomic mass is 10.1. The summed E-state index contributed by atoms with van der Waals surface area (Å²) in [4.78, 5) is 14.8. The Kier molecular flexibility index (Phi) is 3.14. The molecule has 0 radical (unpaired) electrons. The molecule has 86 valence electrons. The SMILES string of the molecule is COc1ccc(F)cc1-c1cc(C=O)ccn1. The van der Waals surface area contributed by atoms with Gasteiger partial charge in [-0.25, -0.2) is 4.39 Å². The first-order valence-electron chi connectivity index (χ1n) is 4.99. The van der Waals surface area contributed by atoms with Gasteiger partial charge in [0.25, 0.3) is 0 Å². The summed E-state index contributed by atoms with van der Waals surface area (Å²) in [6.45, 7) is 0. The summed E-state index contributed by atoms with van der Waals surface area (Å²) in [7, 11) is 1.50. The van der Waals surface area contributed by atoms with Gasteiger partial charge in [-0.3, -0.25) is 9.78 Å². The summed E-state index contributed by atoms with van der Waals surface area (Å²) in [6.07, 6.45) is 2.22. The van der Waals surface area contributed by atoms with Crippen LogP contribution in [0.2, 0.25) is 0 Å². The van der Waals surface area contributed by atoms with Crippen LogP contribution in [0.1, 0.15) is 10.4 Å². The molecular weight excluding hydrogens is 221 g/mol. The summed E-state index contributed by atoms with van der Waals surface area (Å²) >= 11 is 0. The van der Waals surface area contributed by atoms with Crippen molar-refractivity contribution in [3.05, 3.63) is 47.9 Å². The number of methoxy groups -OCH3 is 1. The van der Waals surface area contributed by atoms with Crippen molar-refractivity contribution in [1.82, 2.24) is 4.98 Å². The van der Waals surface area contributed by atoms with Gasteiger partial charge < -0.3 is 4.74 Å². The Morgan fingerprint density at radius 1 is 1.29 bits per heavy atom. The predicted octanol–water partition coefficient (Wildman–Crippen LogP) is 2.71. The number of rotatable bonds is 3. The standard InChI is InChI=1S/C13H10FNO2/c1-17-13-3-2-10(14)7-11(13)12-6-9(8-16)4-5-15-12/h2-8H,1H3. The van der Waals surface area contributed by atoms with Crippen molar-refractivity contribution >= 4 is 6.29 Å². The summed E-state index contributed by atoms with van der Waals surface area (Å²) < 4.78 is 18.3. The van der Waals surface area contributed by atoms with E-state index in [0.29, 0.717) is 22.6 Å². The number of aldehydes is 1. The average Bonchev–Trinajstić information content (AvgIpc) is 2.39. The third kappa shape index (κ3) is 2.30. The second-order valence-electron chi connectivity index (χ2n) is 3.44. The predicted molar refractivity (Wildman–Crippen MR) is 61.6 cm³/mol. The Morgan fingerprint density at radius 2 is 2.12 bits per heavy atom. The number of hydrogen-bond donors (Lipinski definition) is 0. The van der Waals surface area contributed by atoms with Crippen molar-refractivity contribution in [2.75, 3.05) is 7.11 Å². The maximum atomic E-state index is 13.2. The topological polar surface area (TPSA) is 39.2 Å². The molecule has 0 fully saturated rings. The van der Waals surface area contributed by atoms with E-state index in [1.807, 2.05) is 0 Å². The van der Waals surface area contributed by atoms with Crippen molar-refractivity contribution in [1.29, 1.82) is 0 Å². The fraction of sp³-hybridized carbons (Fsp3) is 0.0769. The first-order valence-corrected chi connectivity index (χ1v) is 4.99. The van der Waals surface area contributed by atoms with Gasteiger partial charge in [-0.1, -0.05) is 0 Å². The molecule has 2 aromatic rings. The first kappa shape index (κ1) is 11.3. The number of ether oxygens (including phenoxy) is 1. The lowest BCUT2D eigenvalue weighted by Crippen LogP contribution is -1.92. The van der Waals surface area contributed by atoms with Crippen molar-refractivity contribution in [3.8, 4) is 17.0 Å². The Bertz CT molecular complexity index is 555. The zero-order chi connectivity index (χ0) is 12.3. The summed E-state index contributed by atoms with van der Waals surface area (Å²) in [5.74, 6) is 0.140.